The molecule has 4 N–H and O–H groups in total. The molecule has 0 spiro atoms. The molecule has 0 radical (unpaired) electrons. The Morgan fingerprint density at radius 1 is 1.25 bits per heavy atom. The molecule has 0 unspecified atom stereocenters. The van der Waals surface area contributed by atoms with Crippen molar-refractivity contribution in [2.75, 3.05) is 24.7 Å². The Kier molecular flexibility index (Phi) is 8.53. The van der Waals surface area contributed by atoms with Crippen molar-refractivity contribution in [3.05, 3.63) is 85.9 Å². The Bertz CT molecular complexity index is 1820. The molecule has 0 bridgehead atoms. The maximum atomic E-state index is 11.7. The molecular formula is C31H35ClN8O4. The number of halogens is 1. The number of hydrogen-bond acceptors (Lipinski definition) is 9. The van der Waals surface area contributed by atoms with Gasteiger partial charge in [0.2, 0.25) is 11.8 Å². The van der Waals surface area contributed by atoms with Gasteiger partial charge in [0.05, 0.1) is 40.5 Å². The number of nitrogens with zero attached hydrogens (tertiary/aromatic N) is 6. The number of amidine groups is 1. The lowest BCUT2D eigenvalue weighted by Gasteiger charge is -2.37. The predicted octanol–water partition coefficient (Wildman–Crippen LogP) is 2.69. The van der Waals surface area contributed by atoms with E-state index in [-0.39, 0.29) is 39.9 Å². The summed E-state index contributed by atoms with van der Waals surface area (Å²) in [5.74, 6) is 0.312. The Morgan fingerprint density at radius 2 is 2.02 bits per heavy atom. The van der Waals surface area contributed by atoms with Gasteiger partial charge in [0, 0.05) is 19.3 Å². The fourth-order valence-corrected chi connectivity index (χ4v) is 6.22. The number of nitrogens with two attached hydrogens (primary N) is 1. The van der Waals surface area contributed by atoms with Crippen LogP contribution in [0.15, 0.2) is 56.8 Å². The number of morpholine rings is 1. The van der Waals surface area contributed by atoms with E-state index in [0.717, 1.165) is 31.2 Å². The number of benzene rings is 1. The third-order valence-corrected chi connectivity index (χ3v) is 8.57. The molecule has 13 heteroatoms. The van der Waals surface area contributed by atoms with Gasteiger partial charge in [-0.3, -0.25) is 0 Å². The van der Waals surface area contributed by atoms with E-state index in [0.29, 0.717) is 54.8 Å². The minimum atomic E-state index is -0.775. The summed E-state index contributed by atoms with van der Waals surface area (Å²) in [4.78, 5) is 27.7. The van der Waals surface area contributed by atoms with E-state index in [2.05, 4.69) is 55.3 Å². The van der Waals surface area contributed by atoms with Crippen LogP contribution in [0.4, 0.5) is 5.95 Å². The molecule has 4 aromatic rings. The highest BCUT2D eigenvalue weighted by atomic mass is 35.5. The lowest BCUT2D eigenvalue weighted by Crippen LogP contribution is -2.42. The number of aromatic hydroxyl groups is 1. The van der Waals surface area contributed by atoms with Crippen molar-refractivity contribution in [2.24, 2.45) is 22.6 Å². The first-order valence-electron chi connectivity index (χ1n) is 14.7. The van der Waals surface area contributed by atoms with Gasteiger partial charge in [0.1, 0.15) is 5.70 Å². The van der Waals surface area contributed by atoms with E-state index in [9.17, 15) is 9.90 Å². The smallest absolute Gasteiger partial charge is 0.434 e. The zero-order valence-corrected chi connectivity index (χ0v) is 25.2. The first-order chi connectivity index (χ1) is 21.3. The highest BCUT2D eigenvalue weighted by Crippen LogP contribution is 2.33. The lowest BCUT2D eigenvalue weighted by molar-refractivity contribution is 0.0926. The van der Waals surface area contributed by atoms with E-state index in [4.69, 9.17) is 31.5 Å². The number of pyridine rings is 1. The SMILES string of the molecule is C=c1nc(N2CCOC[C@H]2c2ccccc2)n(C[C@H]2CC[C@H](C)CC2)/c1=C(/N=C(\N)c1n[nH]c(=O)o1)c1cc(Cl)cnc1O. The summed E-state index contributed by atoms with van der Waals surface area (Å²) in [6, 6.07) is 11.7. The van der Waals surface area contributed by atoms with Gasteiger partial charge in [-0.1, -0.05) is 68.3 Å². The highest BCUT2D eigenvalue weighted by molar-refractivity contribution is 6.30. The van der Waals surface area contributed by atoms with Crippen LogP contribution >= 0.6 is 11.6 Å². The molecule has 6 rings (SSSR count). The largest absolute Gasteiger partial charge is 0.493 e. The summed E-state index contributed by atoms with van der Waals surface area (Å²) in [5, 5.41) is 18.2. The number of rotatable bonds is 7. The first kappa shape index (κ1) is 29.6. The second-order valence-corrected chi connectivity index (χ2v) is 11.9. The first-order valence-corrected chi connectivity index (χ1v) is 15.1. The van der Waals surface area contributed by atoms with Gasteiger partial charge in [-0.05, 0) is 36.3 Å². The average Bonchev–Trinajstić information content (AvgIpc) is 3.61. The number of imidazole rings is 1. The molecule has 4 heterocycles. The molecule has 12 nitrogen and oxygen atoms in total. The zero-order valence-electron chi connectivity index (χ0n) is 24.4. The summed E-state index contributed by atoms with van der Waals surface area (Å²) in [6.45, 7) is 8.92. The van der Waals surface area contributed by atoms with Crippen LogP contribution in [0.1, 0.15) is 55.7 Å². The van der Waals surface area contributed by atoms with Gasteiger partial charge >= 0.3 is 5.76 Å². The maximum absolute atomic E-state index is 11.7. The maximum Gasteiger partial charge on any atom is 0.434 e. The van der Waals surface area contributed by atoms with Crippen LogP contribution in [0, 0.1) is 11.8 Å². The molecule has 230 valence electrons. The monoisotopic (exact) mass is 618 g/mol. The van der Waals surface area contributed by atoms with Crippen LogP contribution in [0.25, 0.3) is 12.3 Å². The van der Waals surface area contributed by atoms with Gasteiger partial charge < -0.3 is 29.5 Å². The van der Waals surface area contributed by atoms with Crippen LogP contribution in [-0.2, 0) is 11.3 Å². The summed E-state index contributed by atoms with van der Waals surface area (Å²) in [5.41, 5.74) is 7.87. The number of aromatic amines is 1. The molecule has 2 fully saturated rings. The molecule has 1 aromatic carbocycles. The van der Waals surface area contributed by atoms with Crippen molar-refractivity contribution in [1.29, 1.82) is 0 Å². The number of ether oxygens (including phenoxy) is 1. The summed E-state index contributed by atoms with van der Waals surface area (Å²) >= 11 is 6.36. The average molecular weight is 619 g/mol. The molecule has 44 heavy (non-hydrogen) atoms. The van der Waals surface area contributed by atoms with E-state index in [1.165, 1.54) is 6.20 Å². The van der Waals surface area contributed by atoms with Crippen LogP contribution in [0.2, 0.25) is 5.02 Å². The molecule has 2 aliphatic rings. The normalized spacial score (nSPS) is 21.8. The van der Waals surface area contributed by atoms with E-state index >= 15 is 0 Å². The molecule has 1 atom stereocenters. The van der Waals surface area contributed by atoms with Crippen molar-refractivity contribution >= 4 is 35.7 Å². The van der Waals surface area contributed by atoms with Gasteiger partial charge in [-0.15, -0.1) is 5.10 Å². The quantitative estimate of drug-likeness (QED) is 0.209. The lowest BCUT2D eigenvalue weighted by atomic mass is 9.83. The van der Waals surface area contributed by atoms with Crippen LogP contribution in [0.5, 0.6) is 5.88 Å². The molecule has 3 aromatic heterocycles. The van der Waals surface area contributed by atoms with Crippen molar-refractivity contribution in [3.8, 4) is 5.88 Å². The minimum absolute atomic E-state index is 0.0821. The topological polar surface area (TPSA) is 161 Å². The summed E-state index contributed by atoms with van der Waals surface area (Å²) in [7, 11) is 0. The summed E-state index contributed by atoms with van der Waals surface area (Å²) < 4.78 is 13.1. The number of anilines is 1. The number of aromatic nitrogens is 5. The molecule has 1 saturated carbocycles. The zero-order chi connectivity index (χ0) is 30.8. The molecule has 1 saturated heterocycles. The number of aliphatic imine (C=N–C) groups is 1. The van der Waals surface area contributed by atoms with Gasteiger partial charge in [-0.25, -0.2) is 24.9 Å². The standard InChI is InChI=1S/C31H35ClN8O4/c1-18-8-10-20(11-9-18)16-40-26(19(2)35-30(40)39-12-13-43-17-24(39)21-6-4-3-5-7-21)25(23-14-22(32)15-34-28(23)41)36-27(33)29-37-38-31(42)44-29/h3-7,14-15,18,20,24H,2,8-13,16-17H2,1H3,(H2,33,36)(H,34,41)(H,38,42)/b26-25+/t18-,20-,24-/m0/s1. The van der Waals surface area contributed by atoms with Crippen molar-refractivity contribution in [1.82, 2.24) is 24.7 Å². The fourth-order valence-electron chi connectivity index (χ4n) is 6.07. The fraction of sp³-hybridized carbons (Fsp3) is 0.387. The summed E-state index contributed by atoms with van der Waals surface area (Å²) in [6.07, 6.45) is 5.76. The molecule has 1 aliphatic carbocycles. The van der Waals surface area contributed by atoms with E-state index < -0.39 is 5.76 Å². The Hall–Kier alpha value is -4.42. The molecule has 1 aliphatic heterocycles. The molecular weight excluding hydrogens is 584 g/mol. The van der Waals surface area contributed by atoms with Gasteiger partial charge in [0.25, 0.3) is 5.89 Å². The highest BCUT2D eigenvalue weighted by Gasteiger charge is 2.31. The minimum Gasteiger partial charge on any atom is -0.493 e. The predicted molar refractivity (Wildman–Crippen MR) is 167 cm³/mol. The molecule has 0 amide bonds. The Morgan fingerprint density at radius 3 is 2.75 bits per heavy atom. The Labute approximate surface area is 258 Å². The van der Waals surface area contributed by atoms with Crippen LogP contribution in [0.3, 0.4) is 0 Å². The van der Waals surface area contributed by atoms with Crippen LogP contribution in [-0.4, -0.2) is 55.4 Å². The number of H-pyrrole nitrogens is 1. The number of nitrogens with one attached hydrogen (secondary N) is 1. The third kappa shape index (κ3) is 6.13. The third-order valence-electron chi connectivity index (χ3n) is 8.37. The second kappa shape index (κ2) is 12.7. The number of hydrogen-bond donors (Lipinski definition) is 3. The van der Waals surface area contributed by atoms with Crippen molar-refractivity contribution in [3.63, 3.8) is 0 Å². The van der Waals surface area contributed by atoms with E-state index in [1.807, 2.05) is 18.2 Å². The van der Waals surface area contributed by atoms with Gasteiger partial charge in [-0.2, -0.15) is 0 Å². The van der Waals surface area contributed by atoms with Crippen LogP contribution < -0.4 is 27.1 Å². The van der Waals surface area contributed by atoms with E-state index in [1.54, 1.807) is 6.07 Å². The van der Waals surface area contributed by atoms with Crippen molar-refractivity contribution < 1.29 is 14.3 Å². The van der Waals surface area contributed by atoms with Gasteiger partial charge in [0.15, 0.2) is 5.84 Å². The Balaban J connectivity index is 1.61. The second-order valence-electron chi connectivity index (χ2n) is 11.4. The van der Waals surface area contributed by atoms with Crippen molar-refractivity contribution in [2.45, 2.75) is 45.2 Å².